The highest BCUT2D eigenvalue weighted by Gasteiger charge is 2.20. The second-order valence-corrected chi connectivity index (χ2v) is 8.75. The number of carbonyl (C=O) groups excluding carboxylic acids is 1. The van der Waals surface area contributed by atoms with Crippen LogP contribution in [0.15, 0.2) is 66.7 Å². The van der Waals surface area contributed by atoms with Crippen LogP contribution in [-0.4, -0.2) is 25.1 Å². The fraction of sp³-hybridized carbons (Fsp3) is 0.370. The Labute approximate surface area is 185 Å². The normalized spacial score (nSPS) is 18.4. The van der Waals surface area contributed by atoms with Crippen molar-refractivity contribution in [2.45, 2.75) is 45.8 Å². The Bertz CT molecular complexity index is 1030. The molecular weight excluding hydrogens is 384 g/mol. The van der Waals surface area contributed by atoms with E-state index >= 15 is 0 Å². The average molecular weight is 417 g/mol. The van der Waals surface area contributed by atoms with Crippen LogP contribution in [0.5, 0.6) is 5.75 Å². The number of nitrogens with one attached hydrogen (secondary N) is 1. The van der Waals surface area contributed by atoms with Crippen molar-refractivity contribution >= 4 is 22.4 Å². The number of hydrogen-bond acceptors (Lipinski definition) is 3. The first-order valence-corrected chi connectivity index (χ1v) is 11.3. The van der Waals surface area contributed by atoms with Crippen molar-refractivity contribution in [3.63, 3.8) is 0 Å². The number of rotatable bonds is 6. The molecule has 31 heavy (non-hydrogen) atoms. The molecule has 0 radical (unpaired) electrons. The van der Waals surface area contributed by atoms with Gasteiger partial charge in [-0.2, -0.15) is 0 Å². The van der Waals surface area contributed by atoms with Gasteiger partial charge in [-0.05, 0) is 61.8 Å². The molecule has 0 unspecified atom stereocenters. The Morgan fingerprint density at radius 3 is 2.55 bits per heavy atom. The molecule has 0 spiro atoms. The van der Waals surface area contributed by atoms with Crippen molar-refractivity contribution in [1.29, 1.82) is 0 Å². The van der Waals surface area contributed by atoms with Gasteiger partial charge < -0.3 is 15.0 Å². The maximum atomic E-state index is 12.8. The van der Waals surface area contributed by atoms with E-state index in [1.165, 1.54) is 18.5 Å². The molecule has 0 aliphatic carbocycles. The maximum Gasteiger partial charge on any atom is 0.261 e. The molecule has 1 N–H and O–H groups in total. The molecule has 1 aliphatic rings. The van der Waals surface area contributed by atoms with E-state index in [1.54, 1.807) is 6.92 Å². The van der Waals surface area contributed by atoms with E-state index in [2.05, 4.69) is 41.4 Å². The average Bonchev–Trinajstić information content (AvgIpc) is 2.79. The molecule has 3 atom stereocenters. The van der Waals surface area contributed by atoms with Gasteiger partial charge in [0, 0.05) is 24.2 Å². The molecule has 4 nitrogen and oxygen atoms in total. The third kappa shape index (κ3) is 5.01. The van der Waals surface area contributed by atoms with Crippen LogP contribution < -0.4 is 15.0 Å². The zero-order valence-corrected chi connectivity index (χ0v) is 18.7. The number of anilines is 1. The highest BCUT2D eigenvalue weighted by Crippen LogP contribution is 2.27. The molecule has 1 aliphatic heterocycles. The fourth-order valence-electron chi connectivity index (χ4n) is 4.35. The van der Waals surface area contributed by atoms with E-state index in [0.717, 1.165) is 41.1 Å². The van der Waals surface area contributed by atoms with Crippen molar-refractivity contribution in [2.75, 3.05) is 18.0 Å². The summed E-state index contributed by atoms with van der Waals surface area (Å²) in [6.07, 6.45) is 1.99. The molecule has 4 heteroatoms. The van der Waals surface area contributed by atoms with Gasteiger partial charge in [-0.15, -0.1) is 0 Å². The molecule has 0 saturated carbocycles. The molecule has 3 aromatic rings. The predicted octanol–water partition coefficient (Wildman–Crippen LogP) is 5.72. The van der Waals surface area contributed by atoms with Crippen molar-refractivity contribution in [1.82, 2.24) is 5.32 Å². The second kappa shape index (κ2) is 9.42. The summed E-state index contributed by atoms with van der Waals surface area (Å²) < 4.78 is 6.02. The number of amides is 1. The zero-order valence-electron chi connectivity index (χ0n) is 18.7. The van der Waals surface area contributed by atoms with Crippen LogP contribution in [0.4, 0.5) is 5.69 Å². The third-order valence-electron chi connectivity index (χ3n) is 6.20. The van der Waals surface area contributed by atoms with E-state index in [4.69, 9.17) is 4.74 Å². The quantitative estimate of drug-likeness (QED) is 0.559. The maximum absolute atomic E-state index is 12.8. The number of benzene rings is 3. The summed E-state index contributed by atoms with van der Waals surface area (Å²) in [6, 6.07) is 22.5. The van der Waals surface area contributed by atoms with Crippen LogP contribution in [-0.2, 0) is 4.79 Å². The number of hydrogen-bond donors (Lipinski definition) is 1. The molecule has 162 valence electrons. The summed E-state index contributed by atoms with van der Waals surface area (Å²) >= 11 is 0. The molecule has 0 bridgehead atoms. The Morgan fingerprint density at radius 2 is 1.77 bits per heavy atom. The highest BCUT2D eigenvalue weighted by atomic mass is 16.5. The lowest BCUT2D eigenvalue weighted by Crippen LogP contribution is -2.37. The Balaban J connectivity index is 1.37. The summed E-state index contributed by atoms with van der Waals surface area (Å²) in [7, 11) is 0. The number of carbonyl (C=O) groups is 1. The van der Waals surface area contributed by atoms with Gasteiger partial charge in [0.2, 0.25) is 0 Å². The molecule has 1 fully saturated rings. The smallest absolute Gasteiger partial charge is 0.261 e. The standard InChI is InChI=1S/C27H32N2O2/c1-19-8-7-17-29(18-19)24-15-13-22(14-16-24)20(2)28-27(30)21(3)31-26-12-6-10-23-9-4-5-11-25(23)26/h4-6,9-16,19-21H,7-8,17-18H2,1-3H3,(H,28,30)/t19-,20-,21+/m1/s1. The van der Waals surface area contributed by atoms with Crippen LogP contribution in [0.2, 0.25) is 0 Å². The first-order valence-electron chi connectivity index (χ1n) is 11.3. The first-order chi connectivity index (χ1) is 15.0. The van der Waals surface area contributed by atoms with E-state index in [1.807, 2.05) is 49.4 Å². The molecule has 0 aromatic heterocycles. The van der Waals surface area contributed by atoms with E-state index < -0.39 is 6.10 Å². The van der Waals surface area contributed by atoms with Gasteiger partial charge in [0.25, 0.3) is 5.91 Å². The van der Waals surface area contributed by atoms with Crippen molar-refractivity contribution in [3.05, 3.63) is 72.3 Å². The van der Waals surface area contributed by atoms with Gasteiger partial charge in [0.05, 0.1) is 6.04 Å². The van der Waals surface area contributed by atoms with Gasteiger partial charge >= 0.3 is 0 Å². The van der Waals surface area contributed by atoms with Crippen LogP contribution >= 0.6 is 0 Å². The SMILES string of the molecule is C[C@@H]1CCCN(c2ccc([C@@H](C)NC(=O)[C@H](C)Oc3cccc4ccccc34)cc2)C1. The summed E-state index contributed by atoms with van der Waals surface area (Å²) in [4.78, 5) is 15.2. The molecule has 1 saturated heterocycles. The van der Waals surface area contributed by atoms with Crippen molar-refractivity contribution < 1.29 is 9.53 Å². The Hall–Kier alpha value is -3.01. The topological polar surface area (TPSA) is 41.6 Å². The molecule has 4 rings (SSSR count). The largest absolute Gasteiger partial charge is 0.480 e. The summed E-state index contributed by atoms with van der Waals surface area (Å²) in [5.41, 5.74) is 2.36. The second-order valence-electron chi connectivity index (χ2n) is 8.75. The summed E-state index contributed by atoms with van der Waals surface area (Å²) in [5, 5.41) is 5.21. The van der Waals surface area contributed by atoms with Crippen LogP contribution in [0, 0.1) is 5.92 Å². The van der Waals surface area contributed by atoms with Gasteiger partial charge in [0.15, 0.2) is 6.10 Å². The molecule has 1 heterocycles. The predicted molar refractivity (Wildman–Crippen MR) is 128 cm³/mol. The van der Waals surface area contributed by atoms with Crippen LogP contribution in [0.3, 0.4) is 0 Å². The lowest BCUT2D eigenvalue weighted by Gasteiger charge is -2.33. The van der Waals surface area contributed by atoms with Gasteiger partial charge in [-0.25, -0.2) is 0 Å². The van der Waals surface area contributed by atoms with Crippen LogP contribution in [0.1, 0.15) is 45.2 Å². The zero-order chi connectivity index (χ0) is 21.8. The Kier molecular flexibility index (Phi) is 6.45. The highest BCUT2D eigenvalue weighted by molar-refractivity contribution is 5.89. The lowest BCUT2D eigenvalue weighted by atomic mass is 9.99. The number of nitrogens with zero attached hydrogens (tertiary/aromatic N) is 1. The minimum Gasteiger partial charge on any atom is -0.480 e. The van der Waals surface area contributed by atoms with E-state index in [9.17, 15) is 4.79 Å². The lowest BCUT2D eigenvalue weighted by molar-refractivity contribution is -0.127. The van der Waals surface area contributed by atoms with Gasteiger partial charge in [0.1, 0.15) is 5.75 Å². The minimum atomic E-state index is -0.581. The molecule has 1 amide bonds. The first kappa shape index (κ1) is 21.2. The molecule has 3 aromatic carbocycles. The summed E-state index contributed by atoms with van der Waals surface area (Å²) in [6.45, 7) is 8.37. The van der Waals surface area contributed by atoms with Gasteiger partial charge in [-0.3, -0.25) is 4.79 Å². The number of fused-ring (bicyclic) bond motifs is 1. The van der Waals surface area contributed by atoms with E-state index in [-0.39, 0.29) is 11.9 Å². The van der Waals surface area contributed by atoms with Gasteiger partial charge in [-0.1, -0.05) is 55.5 Å². The van der Waals surface area contributed by atoms with Crippen molar-refractivity contribution in [2.24, 2.45) is 5.92 Å². The Morgan fingerprint density at radius 1 is 1.03 bits per heavy atom. The minimum absolute atomic E-state index is 0.0830. The van der Waals surface area contributed by atoms with E-state index in [0.29, 0.717) is 0 Å². The monoisotopic (exact) mass is 416 g/mol. The van der Waals surface area contributed by atoms with Crippen molar-refractivity contribution in [3.8, 4) is 5.75 Å². The fourth-order valence-corrected chi connectivity index (χ4v) is 4.35. The van der Waals surface area contributed by atoms with Crippen LogP contribution in [0.25, 0.3) is 10.8 Å². The third-order valence-corrected chi connectivity index (χ3v) is 6.20. The number of ether oxygens (including phenoxy) is 1. The number of piperidine rings is 1. The summed E-state index contributed by atoms with van der Waals surface area (Å²) in [5.74, 6) is 1.36. The molecular formula is C27H32N2O2.